The number of alkyl halides is 4. The van der Waals surface area contributed by atoms with E-state index in [1.54, 1.807) is 50.2 Å². The zero-order valence-corrected chi connectivity index (χ0v) is 59.3. The van der Waals surface area contributed by atoms with E-state index in [1.807, 2.05) is 61.0 Å². The van der Waals surface area contributed by atoms with Crippen molar-refractivity contribution in [1.82, 2.24) is 40.4 Å². The number of benzene rings is 2. The van der Waals surface area contributed by atoms with Crippen LogP contribution in [0.5, 0.6) is 23.3 Å². The van der Waals surface area contributed by atoms with Crippen LogP contribution < -0.4 is 29.6 Å². The maximum absolute atomic E-state index is 16.9. The Hall–Kier alpha value is -5.97. The molecule has 5 saturated carbocycles. The van der Waals surface area contributed by atoms with Crippen LogP contribution in [0.25, 0.3) is 22.1 Å². The third-order valence-corrected chi connectivity index (χ3v) is 22.6. The predicted octanol–water partition coefficient (Wildman–Crippen LogP) is 11.7. The number of rotatable bonds is 4. The van der Waals surface area contributed by atoms with Gasteiger partial charge in [-0.05, 0) is 161 Å². The van der Waals surface area contributed by atoms with Crippen molar-refractivity contribution in [3.05, 3.63) is 47.8 Å². The van der Waals surface area contributed by atoms with Crippen LogP contribution in [0.1, 0.15) is 170 Å². The van der Waals surface area contributed by atoms with Crippen LogP contribution in [0.3, 0.4) is 0 Å². The average Bonchev–Trinajstić information content (AvgIpc) is 1.54. The molecule has 4 aromatic rings. The number of halogens is 4. The summed E-state index contributed by atoms with van der Waals surface area (Å²) in [6, 6.07) is 5.58. The number of hydrogen-bond acceptors (Lipinski definition) is 16. The first-order valence-corrected chi connectivity index (χ1v) is 33.5. The molecule has 7 fully saturated rings. The summed E-state index contributed by atoms with van der Waals surface area (Å²) in [4.78, 5) is 100. The summed E-state index contributed by atoms with van der Waals surface area (Å²) in [6.07, 6.45) is 8.89. The summed E-state index contributed by atoms with van der Waals surface area (Å²) in [5, 5.41) is 5.63. The molecule has 5 aliphatic carbocycles. The fourth-order valence-electron chi connectivity index (χ4n) is 16.2. The molecule has 13 rings (SSSR count). The van der Waals surface area contributed by atoms with E-state index in [9.17, 15) is 28.8 Å². The Kier molecular flexibility index (Phi) is 20.4. The summed E-state index contributed by atoms with van der Waals surface area (Å²) in [6.45, 7) is 16.0. The normalized spacial score (nSPS) is 32.8. The Morgan fingerprint density at radius 2 is 1.00 bits per heavy atom. The van der Waals surface area contributed by atoms with Crippen molar-refractivity contribution in [3.63, 3.8) is 0 Å². The van der Waals surface area contributed by atoms with Gasteiger partial charge in [0.25, 0.3) is 0 Å². The number of ether oxygens (including phenoxy) is 6. The standard InChI is InChI=1S/C35H43F2N4O6.C35H45F2N4O6.2V/c1-18-25(17-42)41-16-27(18)46-30-28(38-23-9-8-20(45-5)15-24(23)39-30)35(36,37)34(11-12-34)10-6-7-21-22-13-19(22)14-26(21)47-32(44)40-29(31(41)43)33(2,3)4;1-20-25(19-42)41-18-26(20)46-29-27(38-23-12-11-22(45-6)17-24(23)39-29)35(36,37)34(15-16-34)14-8-10-21-9-7-13-33(21,5)47-31(44)40-28(30(41)43)32(2,3)4;;/h8-9,15,18-19,21-22,25-27,29H,6-7,10-14,16H2,1-5H3,(H,40,44);11-12,17,20-21,25-26,28H,7-10,13-16,18H2,1-6H3,(H,40,44);;/q2*-1;;/t18-,19?,21+,22?,25+,26+,27-,29+;20-,21-,25+,26-,28+,33+;;/m00../s1. The van der Waals surface area contributed by atoms with Crippen molar-refractivity contribution in [2.24, 2.45) is 57.2 Å². The molecule has 2 radical (unpaired) electrons. The molecule has 2 aromatic heterocycles. The van der Waals surface area contributed by atoms with Gasteiger partial charge in [0.1, 0.15) is 47.5 Å². The Bertz CT molecular complexity index is 3500. The fraction of sp³-hybridized carbons (Fsp3) is 0.686. The number of hydrogen-bond donors (Lipinski definition) is 2. The second kappa shape index (κ2) is 26.9. The first kappa shape index (κ1) is 72.8. The first-order chi connectivity index (χ1) is 44.4. The van der Waals surface area contributed by atoms with E-state index in [0.717, 1.165) is 25.7 Å². The van der Waals surface area contributed by atoms with Crippen molar-refractivity contribution in [3.8, 4) is 23.3 Å². The molecule has 2 saturated heterocycles. The van der Waals surface area contributed by atoms with E-state index in [0.29, 0.717) is 98.6 Å². The number of carbonyl (C=O) groups is 4. The summed E-state index contributed by atoms with van der Waals surface area (Å²) in [7, 11) is 3.00. The summed E-state index contributed by atoms with van der Waals surface area (Å²) in [5.41, 5.74) is -4.72. The minimum absolute atomic E-state index is 0. The zero-order valence-electron chi connectivity index (χ0n) is 56.5. The number of aromatic nitrogens is 4. The van der Waals surface area contributed by atoms with E-state index in [2.05, 4.69) is 30.6 Å². The third-order valence-electron chi connectivity index (χ3n) is 22.6. The van der Waals surface area contributed by atoms with E-state index in [-0.39, 0.29) is 97.4 Å². The smallest absolute Gasteiger partial charge is 0.408 e. The topological polar surface area (TPSA) is 240 Å². The Morgan fingerprint density at radius 3 is 1.43 bits per heavy atom. The molecule has 4 amide bonds. The van der Waals surface area contributed by atoms with E-state index < -0.39 is 123 Å². The SMILES string of the molecule is COc1ccc2nc3c(nc2c1)O[C@H]1CN(C(=O)[C@H](C(C)(C)C)NC(=O)O[C@@H]2CC4CC4[C@H]2CCCC2(CC2)C3(F)F)[C@H]([C-]=O)[C@@H]1C.COc1ccc2nc3c(nc2c1)O[C@H]1CN(C(=O)[C@H](C(C)(C)C)NC(=O)O[C@]2(C)CCC[C@H]2CCCC2(CC2)C3(F)F)[C@H]([C-]=O)[C@@H]1C.[V].[V]. The van der Waals surface area contributed by atoms with E-state index in [4.69, 9.17) is 28.4 Å². The second-order valence-electron chi connectivity index (χ2n) is 30.8. The number of alkyl carbamates (subject to hydrolysis) is 2. The van der Waals surface area contributed by atoms with Gasteiger partial charge in [-0.1, -0.05) is 80.3 Å². The number of fused-ring (bicyclic) bond motifs is 12. The molecule has 26 heteroatoms. The van der Waals surface area contributed by atoms with Crippen molar-refractivity contribution >= 4 is 58.6 Å². The molecular formula is C70H88F4N8O12V2-2. The maximum Gasteiger partial charge on any atom is 0.408 e. The molecule has 96 heavy (non-hydrogen) atoms. The fourth-order valence-corrected chi connectivity index (χ4v) is 16.2. The van der Waals surface area contributed by atoms with Crippen LogP contribution in [0.4, 0.5) is 27.2 Å². The van der Waals surface area contributed by atoms with Gasteiger partial charge in [0.05, 0.1) is 49.4 Å². The van der Waals surface area contributed by atoms with Crippen molar-refractivity contribution in [2.45, 2.75) is 219 Å². The molecule has 2 N–H and O–H groups in total. The molecule has 2 aromatic carbocycles. The molecule has 14 atom stereocenters. The van der Waals surface area contributed by atoms with Gasteiger partial charge in [0.2, 0.25) is 23.6 Å². The van der Waals surface area contributed by atoms with Gasteiger partial charge < -0.3 is 58.4 Å². The first-order valence-electron chi connectivity index (χ1n) is 33.5. The summed E-state index contributed by atoms with van der Waals surface area (Å²) < 4.78 is 103. The molecule has 9 aliphatic rings. The largest absolute Gasteiger partial charge is 0.540 e. The van der Waals surface area contributed by atoms with E-state index in [1.165, 1.54) is 24.0 Å². The minimum atomic E-state index is -3.37. The number of carbonyl (C=O) groups excluding carboxylic acids is 6. The van der Waals surface area contributed by atoms with Crippen molar-refractivity contribution in [1.29, 1.82) is 0 Å². The average molecular weight is 1410 g/mol. The number of methoxy groups -OCH3 is 2. The Labute approximate surface area is 581 Å². The predicted molar refractivity (Wildman–Crippen MR) is 336 cm³/mol. The third kappa shape index (κ3) is 13.5. The Balaban J connectivity index is 0.000000205. The van der Waals surface area contributed by atoms with Gasteiger partial charge in [-0.2, -0.15) is 17.6 Å². The molecule has 20 nitrogen and oxygen atoms in total. The number of nitrogens with one attached hydrogen (secondary N) is 2. The summed E-state index contributed by atoms with van der Waals surface area (Å²) >= 11 is 0. The van der Waals surface area contributed by atoms with E-state index >= 15 is 17.6 Å². The van der Waals surface area contributed by atoms with Gasteiger partial charge in [-0.25, -0.2) is 42.1 Å². The zero-order chi connectivity index (χ0) is 67.4. The second-order valence-corrected chi connectivity index (χ2v) is 30.8. The molecule has 2 unspecified atom stereocenters. The quantitative estimate of drug-likeness (QED) is 0.143. The van der Waals surface area contributed by atoms with Crippen LogP contribution in [0.15, 0.2) is 36.4 Å². The van der Waals surface area contributed by atoms with Crippen LogP contribution in [0, 0.1) is 57.2 Å². The molecule has 520 valence electrons. The maximum atomic E-state index is 16.9. The van der Waals surface area contributed by atoms with Gasteiger partial charge in [-0.3, -0.25) is 9.59 Å². The molecule has 4 aliphatic heterocycles. The van der Waals surface area contributed by atoms with Crippen LogP contribution in [0.2, 0.25) is 0 Å². The van der Waals surface area contributed by atoms with Crippen LogP contribution in [-0.2, 0) is 77.6 Å². The molecule has 4 bridgehead atoms. The molecule has 6 heterocycles. The van der Waals surface area contributed by atoms with Gasteiger partial charge in [-0.15, -0.1) is 0 Å². The van der Waals surface area contributed by atoms with Crippen LogP contribution >= 0.6 is 0 Å². The van der Waals surface area contributed by atoms with Gasteiger partial charge >= 0.3 is 24.0 Å². The van der Waals surface area contributed by atoms with Crippen LogP contribution in [-0.4, -0.2) is 142 Å². The van der Waals surface area contributed by atoms with Crippen molar-refractivity contribution < 1.29 is 112 Å². The van der Waals surface area contributed by atoms with Gasteiger partial charge in [0.15, 0.2) is 11.4 Å². The molecule has 2 spiro atoms. The number of amides is 4. The monoisotopic (exact) mass is 1410 g/mol. The minimum Gasteiger partial charge on any atom is -0.540 e. The Morgan fingerprint density at radius 1 is 0.562 bits per heavy atom. The molecular weight excluding hydrogens is 1320 g/mol. The summed E-state index contributed by atoms with van der Waals surface area (Å²) in [5.74, 6) is -7.66. The number of nitrogens with zero attached hydrogens (tertiary/aromatic N) is 6. The van der Waals surface area contributed by atoms with Crippen molar-refractivity contribution in [2.75, 3.05) is 27.3 Å². The van der Waals surface area contributed by atoms with Gasteiger partial charge in [0, 0.05) is 60.1 Å².